The van der Waals surface area contributed by atoms with E-state index in [-0.39, 0.29) is 11.3 Å². The number of benzene rings is 1. The lowest BCUT2D eigenvalue weighted by atomic mass is 10.2. The second kappa shape index (κ2) is 6.11. The Labute approximate surface area is 137 Å². The summed E-state index contributed by atoms with van der Waals surface area (Å²) in [5.41, 5.74) is 1.11. The first-order valence-corrected chi connectivity index (χ1v) is 7.40. The molecule has 118 valence electrons. The maximum atomic E-state index is 13.0. The van der Waals surface area contributed by atoms with Crippen LogP contribution in [-0.2, 0) is 12.7 Å². The van der Waals surface area contributed by atoms with Crippen molar-refractivity contribution in [1.29, 1.82) is 0 Å². The van der Waals surface area contributed by atoms with Gasteiger partial charge in [-0.1, -0.05) is 15.9 Å². The van der Waals surface area contributed by atoms with E-state index in [1.54, 1.807) is 36.7 Å². The van der Waals surface area contributed by atoms with Crippen molar-refractivity contribution >= 4 is 32.7 Å². The summed E-state index contributed by atoms with van der Waals surface area (Å²) in [7, 11) is 0. The molecule has 0 aliphatic heterocycles. The smallest absolute Gasteiger partial charge is 0.365 e. The lowest BCUT2D eigenvalue weighted by Gasteiger charge is -2.12. The summed E-state index contributed by atoms with van der Waals surface area (Å²) in [6.07, 6.45) is -1.37. The number of anilines is 1. The standard InChI is InChI=1S/C15H10BrF3N4/c16-10-1-2-12-11(7-10)13(23-14(22-12)15(17,18)19)21-8-9-3-5-20-6-4-9/h1-7H,8H2,(H,21,22,23). The van der Waals surface area contributed by atoms with Crippen molar-refractivity contribution in [3.05, 3.63) is 58.6 Å². The van der Waals surface area contributed by atoms with Gasteiger partial charge in [-0.15, -0.1) is 0 Å². The second-order valence-electron chi connectivity index (χ2n) is 4.76. The third-order valence-electron chi connectivity index (χ3n) is 3.12. The summed E-state index contributed by atoms with van der Waals surface area (Å²) in [6, 6.07) is 8.40. The maximum absolute atomic E-state index is 13.0. The van der Waals surface area contributed by atoms with Gasteiger partial charge in [0.25, 0.3) is 0 Å². The highest BCUT2D eigenvalue weighted by molar-refractivity contribution is 9.10. The summed E-state index contributed by atoms with van der Waals surface area (Å²) in [4.78, 5) is 11.1. The molecule has 1 aromatic carbocycles. The van der Waals surface area contributed by atoms with Crippen LogP contribution >= 0.6 is 15.9 Å². The first-order chi connectivity index (χ1) is 10.9. The highest BCUT2D eigenvalue weighted by atomic mass is 79.9. The first kappa shape index (κ1) is 15.7. The fourth-order valence-electron chi connectivity index (χ4n) is 2.05. The number of aromatic nitrogens is 3. The normalized spacial score (nSPS) is 11.7. The van der Waals surface area contributed by atoms with Crippen LogP contribution in [0.2, 0.25) is 0 Å². The molecule has 0 aliphatic rings. The van der Waals surface area contributed by atoms with Crippen molar-refractivity contribution in [2.75, 3.05) is 5.32 Å². The van der Waals surface area contributed by atoms with Gasteiger partial charge in [-0.3, -0.25) is 4.98 Å². The molecular formula is C15H10BrF3N4. The van der Waals surface area contributed by atoms with Crippen LogP contribution in [0.25, 0.3) is 10.9 Å². The number of hydrogen-bond donors (Lipinski definition) is 1. The van der Waals surface area contributed by atoms with Gasteiger partial charge in [0.05, 0.1) is 5.52 Å². The van der Waals surface area contributed by atoms with Gasteiger partial charge < -0.3 is 5.32 Å². The Morgan fingerprint density at radius 2 is 1.78 bits per heavy atom. The van der Waals surface area contributed by atoms with Crippen LogP contribution in [-0.4, -0.2) is 15.0 Å². The predicted molar refractivity (Wildman–Crippen MR) is 83.8 cm³/mol. The Morgan fingerprint density at radius 1 is 1.04 bits per heavy atom. The summed E-state index contributed by atoms with van der Waals surface area (Å²) in [5, 5.41) is 3.46. The van der Waals surface area contributed by atoms with E-state index in [9.17, 15) is 13.2 Å². The van der Waals surface area contributed by atoms with Gasteiger partial charge in [0.2, 0.25) is 5.82 Å². The topological polar surface area (TPSA) is 50.7 Å². The van der Waals surface area contributed by atoms with Gasteiger partial charge in [0, 0.05) is 28.8 Å². The van der Waals surface area contributed by atoms with Gasteiger partial charge >= 0.3 is 6.18 Å². The first-order valence-electron chi connectivity index (χ1n) is 6.61. The van der Waals surface area contributed by atoms with Crippen molar-refractivity contribution in [1.82, 2.24) is 15.0 Å². The molecule has 1 N–H and O–H groups in total. The molecule has 0 bridgehead atoms. The van der Waals surface area contributed by atoms with Crippen molar-refractivity contribution in [3.8, 4) is 0 Å². The molecule has 0 spiro atoms. The van der Waals surface area contributed by atoms with E-state index in [0.717, 1.165) is 10.0 Å². The molecule has 0 saturated heterocycles. The average Bonchev–Trinajstić information content (AvgIpc) is 2.52. The lowest BCUT2D eigenvalue weighted by Crippen LogP contribution is -2.13. The lowest BCUT2D eigenvalue weighted by molar-refractivity contribution is -0.144. The zero-order valence-electron chi connectivity index (χ0n) is 11.6. The van der Waals surface area contributed by atoms with Gasteiger partial charge in [0.1, 0.15) is 5.82 Å². The van der Waals surface area contributed by atoms with Crippen LogP contribution in [0.15, 0.2) is 47.2 Å². The van der Waals surface area contributed by atoms with Gasteiger partial charge in [0.15, 0.2) is 0 Å². The molecule has 0 aliphatic carbocycles. The van der Waals surface area contributed by atoms with E-state index < -0.39 is 12.0 Å². The maximum Gasteiger partial charge on any atom is 0.451 e. The summed E-state index contributed by atoms with van der Waals surface area (Å²) >= 11 is 3.31. The number of halogens is 4. The monoisotopic (exact) mass is 382 g/mol. The fourth-order valence-corrected chi connectivity index (χ4v) is 2.41. The van der Waals surface area contributed by atoms with Crippen LogP contribution < -0.4 is 5.32 Å². The summed E-state index contributed by atoms with van der Waals surface area (Å²) < 4.78 is 39.6. The number of rotatable bonds is 3. The number of fused-ring (bicyclic) bond motifs is 1. The van der Waals surface area contributed by atoms with E-state index in [1.807, 2.05) is 0 Å². The van der Waals surface area contributed by atoms with Crippen LogP contribution in [0.4, 0.5) is 19.0 Å². The van der Waals surface area contributed by atoms with Gasteiger partial charge in [-0.25, -0.2) is 9.97 Å². The van der Waals surface area contributed by atoms with Crippen LogP contribution in [0.5, 0.6) is 0 Å². The molecule has 0 amide bonds. The molecule has 0 fully saturated rings. The molecular weight excluding hydrogens is 373 g/mol. The molecule has 3 aromatic rings. The molecule has 8 heteroatoms. The third kappa shape index (κ3) is 3.58. The van der Waals surface area contributed by atoms with E-state index >= 15 is 0 Å². The molecule has 0 atom stereocenters. The van der Waals surface area contributed by atoms with Crippen LogP contribution in [0.3, 0.4) is 0 Å². The minimum atomic E-state index is -4.60. The zero-order valence-corrected chi connectivity index (χ0v) is 13.2. The number of hydrogen-bond acceptors (Lipinski definition) is 4. The predicted octanol–water partition coefficient (Wildman–Crippen LogP) is 4.42. The van der Waals surface area contributed by atoms with E-state index in [4.69, 9.17) is 0 Å². The zero-order chi connectivity index (χ0) is 16.4. The molecule has 2 heterocycles. The number of nitrogens with one attached hydrogen (secondary N) is 1. The molecule has 23 heavy (non-hydrogen) atoms. The van der Waals surface area contributed by atoms with Gasteiger partial charge in [-0.2, -0.15) is 13.2 Å². The third-order valence-corrected chi connectivity index (χ3v) is 3.61. The second-order valence-corrected chi connectivity index (χ2v) is 5.68. The Balaban J connectivity index is 2.03. The SMILES string of the molecule is FC(F)(F)c1nc(NCc2ccncc2)c2cc(Br)ccc2n1. The van der Waals surface area contributed by atoms with E-state index in [0.29, 0.717) is 11.9 Å². The van der Waals surface area contributed by atoms with Crippen molar-refractivity contribution in [2.45, 2.75) is 12.7 Å². The minimum Gasteiger partial charge on any atom is -0.365 e. The summed E-state index contributed by atoms with van der Waals surface area (Å²) in [5.74, 6) is -1.02. The number of alkyl halides is 3. The highest BCUT2D eigenvalue weighted by Crippen LogP contribution is 2.31. The van der Waals surface area contributed by atoms with Crippen LogP contribution in [0, 0.1) is 0 Å². The fraction of sp³-hybridized carbons (Fsp3) is 0.133. The summed E-state index contributed by atoms with van der Waals surface area (Å²) in [6.45, 7) is 0.332. The van der Waals surface area contributed by atoms with Crippen molar-refractivity contribution in [3.63, 3.8) is 0 Å². The van der Waals surface area contributed by atoms with Crippen molar-refractivity contribution in [2.24, 2.45) is 0 Å². The molecule has 2 aromatic heterocycles. The molecule has 4 nitrogen and oxygen atoms in total. The average molecular weight is 383 g/mol. The largest absolute Gasteiger partial charge is 0.451 e. The van der Waals surface area contributed by atoms with E-state index in [2.05, 4.69) is 36.2 Å². The highest BCUT2D eigenvalue weighted by Gasteiger charge is 2.35. The Kier molecular flexibility index (Phi) is 4.16. The number of nitrogens with zero attached hydrogens (tertiary/aromatic N) is 3. The Hall–Kier alpha value is -2.22. The van der Waals surface area contributed by atoms with E-state index in [1.165, 1.54) is 6.07 Å². The minimum absolute atomic E-state index is 0.139. The molecule has 0 unspecified atom stereocenters. The molecule has 3 rings (SSSR count). The number of pyridine rings is 1. The van der Waals surface area contributed by atoms with Gasteiger partial charge in [-0.05, 0) is 35.9 Å². The Morgan fingerprint density at radius 3 is 2.48 bits per heavy atom. The Bertz CT molecular complexity index is 837. The van der Waals surface area contributed by atoms with Crippen molar-refractivity contribution < 1.29 is 13.2 Å². The molecule has 0 radical (unpaired) electrons. The quantitative estimate of drug-likeness (QED) is 0.728. The van der Waals surface area contributed by atoms with Crippen LogP contribution in [0.1, 0.15) is 11.4 Å². The molecule has 0 saturated carbocycles.